The van der Waals surface area contributed by atoms with Crippen LogP contribution in [-0.4, -0.2) is 22.9 Å². The highest BCUT2D eigenvalue weighted by Gasteiger charge is 2.17. The molecule has 0 N–H and O–H groups in total. The molecule has 0 aliphatic carbocycles. The van der Waals surface area contributed by atoms with Crippen molar-refractivity contribution in [3.63, 3.8) is 0 Å². The summed E-state index contributed by atoms with van der Waals surface area (Å²) in [5.41, 5.74) is 0.461. The van der Waals surface area contributed by atoms with Gasteiger partial charge in [0.15, 0.2) is 5.75 Å². The van der Waals surface area contributed by atoms with Crippen LogP contribution >= 0.6 is 0 Å². The van der Waals surface area contributed by atoms with Gasteiger partial charge in [-0.1, -0.05) is 0 Å². The van der Waals surface area contributed by atoms with Gasteiger partial charge in [0.1, 0.15) is 0 Å². The predicted molar refractivity (Wildman–Crippen MR) is 62.9 cm³/mol. The average molecular weight is 267 g/mol. The Morgan fingerprint density at radius 3 is 1.84 bits per heavy atom. The molecule has 19 heavy (non-hydrogen) atoms. The van der Waals surface area contributed by atoms with Crippen LogP contribution in [0.4, 0.5) is 0 Å². The van der Waals surface area contributed by atoms with Crippen molar-refractivity contribution in [2.24, 2.45) is 0 Å². The summed E-state index contributed by atoms with van der Waals surface area (Å²) in [5, 5.41) is 0. The van der Waals surface area contributed by atoms with E-state index < -0.39 is 17.9 Å². The van der Waals surface area contributed by atoms with E-state index in [0.29, 0.717) is 5.56 Å². The van der Waals surface area contributed by atoms with Crippen LogP contribution in [0.5, 0.6) is 17.5 Å². The van der Waals surface area contributed by atoms with E-state index in [0.717, 1.165) is 0 Å². The van der Waals surface area contributed by atoms with E-state index in [2.05, 4.69) is 4.98 Å². The third-order valence-electron chi connectivity index (χ3n) is 1.83. The number of aryl methyl sites for hydroxylation is 1. The van der Waals surface area contributed by atoms with Gasteiger partial charge in [0.05, 0.1) is 0 Å². The number of pyridine rings is 1. The first-order valence-corrected chi connectivity index (χ1v) is 5.36. The number of carbonyl (C=O) groups excluding carboxylic acids is 3. The van der Waals surface area contributed by atoms with Crippen LogP contribution in [0.25, 0.3) is 0 Å². The standard InChI is InChI=1S/C12H13NO6/c1-6-5-10(17-7(2)14)12(19-9(4)16)13-11(6)18-8(3)15/h5H,1-4H3. The predicted octanol–water partition coefficient (Wildman–Crippen LogP) is 1.17. The molecule has 1 rings (SSSR count). The Morgan fingerprint density at radius 1 is 0.895 bits per heavy atom. The summed E-state index contributed by atoms with van der Waals surface area (Å²) < 4.78 is 14.5. The minimum absolute atomic E-state index is 0.0142. The van der Waals surface area contributed by atoms with Gasteiger partial charge >= 0.3 is 17.9 Å². The molecule has 0 aliphatic heterocycles. The zero-order valence-electron chi connectivity index (χ0n) is 11.0. The van der Waals surface area contributed by atoms with Crippen molar-refractivity contribution in [3.05, 3.63) is 11.6 Å². The van der Waals surface area contributed by atoms with Crippen LogP contribution in [-0.2, 0) is 14.4 Å². The maximum absolute atomic E-state index is 11.0. The monoisotopic (exact) mass is 267 g/mol. The molecule has 0 fully saturated rings. The zero-order chi connectivity index (χ0) is 14.6. The molecular formula is C12H13NO6. The summed E-state index contributed by atoms with van der Waals surface area (Å²) in [6, 6.07) is 1.39. The first-order valence-electron chi connectivity index (χ1n) is 5.36. The van der Waals surface area contributed by atoms with E-state index in [9.17, 15) is 14.4 Å². The summed E-state index contributed by atoms with van der Waals surface area (Å²) in [6.07, 6.45) is 0. The maximum Gasteiger partial charge on any atom is 0.309 e. The molecule has 102 valence electrons. The molecule has 0 spiro atoms. The van der Waals surface area contributed by atoms with Crippen LogP contribution in [0.2, 0.25) is 0 Å². The van der Waals surface area contributed by atoms with Gasteiger partial charge in [0.25, 0.3) is 5.88 Å². The van der Waals surface area contributed by atoms with Gasteiger partial charge in [0.2, 0.25) is 5.88 Å². The third kappa shape index (κ3) is 4.38. The SMILES string of the molecule is CC(=O)Oc1cc(C)c(OC(C)=O)nc1OC(C)=O. The number of esters is 3. The van der Waals surface area contributed by atoms with Crippen LogP contribution < -0.4 is 14.2 Å². The second-order valence-electron chi connectivity index (χ2n) is 3.69. The fraction of sp³-hybridized carbons (Fsp3) is 0.333. The zero-order valence-corrected chi connectivity index (χ0v) is 11.0. The van der Waals surface area contributed by atoms with E-state index in [1.165, 1.54) is 26.8 Å². The first-order chi connectivity index (χ1) is 8.79. The Bertz CT molecular complexity index is 537. The van der Waals surface area contributed by atoms with Gasteiger partial charge in [-0.2, -0.15) is 4.98 Å². The smallest absolute Gasteiger partial charge is 0.309 e. The Morgan fingerprint density at radius 2 is 1.37 bits per heavy atom. The second kappa shape index (κ2) is 5.94. The lowest BCUT2D eigenvalue weighted by atomic mass is 10.3. The molecule has 7 nitrogen and oxygen atoms in total. The minimum atomic E-state index is -0.640. The van der Waals surface area contributed by atoms with E-state index in [-0.39, 0.29) is 17.5 Å². The Hall–Kier alpha value is -2.44. The van der Waals surface area contributed by atoms with Crippen LogP contribution in [0.1, 0.15) is 26.3 Å². The highest BCUT2D eigenvalue weighted by molar-refractivity contribution is 5.73. The van der Waals surface area contributed by atoms with Crippen molar-refractivity contribution in [1.82, 2.24) is 4.98 Å². The number of hydrogen-bond acceptors (Lipinski definition) is 7. The van der Waals surface area contributed by atoms with Gasteiger partial charge in [-0.25, -0.2) is 0 Å². The largest absolute Gasteiger partial charge is 0.421 e. The van der Waals surface area contributed by atoms with Crippen LogP contribution in [0.3, 0.4) is 0 Å². The van der Waals surface area contributed by atoms with Gasteiger partial charge in [0, 0.05) is 26.3 Å². The van der Waals surface area contributed by atoms with E-state index in [1.807, 2.05) is 0 Å². The van der Waals surface area contributed by atoms with Crippen molar-refractivity contribution in [2.45, 2.75) is 27.7 Å². The lowest BCUT2D eigenvalue weighted by molar-refractivity contribution is -0.135. The molecule has 1 heterocycles. The van der Waals surface area contributed by atoms with Gasteiger partial charge in [-0.3, -0.25) is 14.4 Å². The first kappa shape index (κ1) is 14.6. The number of aromatic nitrogens is 1. The molecule has 0 atom stereocenters. The molecule has 0 saturated heterocycles. The molecule has 0 saturated carbocycles. The van der Waals surface area contributed by atoms with Crippen molar-refractivity contribution < 1.29 is 28.6 Å². The van der Waals surface area contributed by atoms with Crippen molar-refractivity contribution in [3.8, 4) is 17.5 Å². The number of nitrogens with zero attached hydrogens (tertiary/aromatic N) is 1. The maximum atomic E-state index is 11.0. The Labute approximate surface area is 109 Å². The second-order valence-corrected chi connectivity index (χ2v) is 3.69. The summed E-state index contributed by atoms with van der Waals surface area (Å²) >= 11 is 0. The fourth-order valence-corrected chi connectivity index (χ4v) is 1.23. The van der Waals surface area contributed by atoms with Crippen molar-refractivity contribution >= 4 is 17.9 Å². The molecule has 7 heteroatoms. The highest BCUT2D eigenvalue weighted by atomic mass is 16.6. The van der Waals surface area contributed by atoms with E-state index in [1.54, 1.807) is 6.92 Å². The summed E-state index contributed by atoms with van der Waals surface area (Å²) in [4.78, 5) is 36.7. The highest BCUT2D eigenvalue weighted by Crippen LogP contribution is 2.31. The summed E-state index contributed by atoms with van der Waals surface area (Å²) in [7, 11) is 0. The van der Waals surface area contributed by atoms with Gasteiger partial charge < -0.3 is 14.2 Å². The molecule has 0 aromatic carbocycles. The fourth-order valence-electron chi connectivity index (χ4n) is 1.23. The molecule has 1 aromatic heterocycles. The van der Waals surface area contributed by atoms with Crippen LogP contribution in [0.15, 0.2) is 6.07 Å². The van der Waals surface area contributed by atoms with Gasteiger partial charge in [-0.05, 0) is 13.0 Å². The number of rotatable bonds is 3. The third-order valence-corrected chi connectivity index (χ3v) is 1.83. The number of carbonyl (C=O) groups is 3. The normalized spacial score (nSPS) is 9.68. The Kier molecular flexibility index (Phi) is 4.57. The molecule has 0 unspecified atom stereocenters. The van der Waals surface area contributed by atoms with Crippen molar-refractivity contribution in [1.29, 1.82) is 0 Å². The van der Waals surface area contributed by atoms with Crippen LogP contribution in [0, 0.1) is 6.92 Å². The van der Waals surface area contributed by atoms with E-state index >= 15 is 0 Å². The summed E-state index contributed by atoms with van der Waals surface area (Å²) in [5.74, 6) is -2.06. The average Bonchev–Trinajstić information content (AvgIpc) is 2.22. The van der Waals surface area contributed by atoms with E-state index in [4.69, 9.17) is 14.2 Å². The molecule has 0 amide bonds. The van der Waals surface area contributed by atoms with Crippen molar-refractivity contribution in [2.75, 3.05) is 0 Å². The lowest BCUT2D eigenvalue weighted by Gasteiger charge is -2.11. The quantitative estimate of drug-likeness (QED) is 0.759. The Balaban J connectivity index is 3.23. The minimum Gasteiger partial charge on any atom is -0.421 e. The molecule has 0 aliphatic rings. The molecule has 0 radical (unpaired) electrons. The number of ether oxygens (including phenoxy) is 3. The number of hydrogen-bond donors (Lipinski definition) is 0. The molecule has 0 bridgehead atoms. The van der Waals surface area contributed by atoms with Gasteiger partial charge in [-0.15, -0.1) is 0 Å². The topological polar surface area (TPSA) is 91.8 Å². The lowest BCUT2D eigenvalue weighted by Crippen LogP contribution is -2.11. The molecule has 1 aromatic rings. The summed E-state index contributed by atoms with van der Waals surface area (Å²) in [6.45, 7) is 5.19. The molecular weight excluding hydrogens is 254 g/mol.